The molecule has 0 atom stereocenters. The van der Waals surface area contributed by atoms with Gasteiger partial charge < -0.3 is 4.74 Å². The molecule has 0 aliphatic carbocycles. The van der Waals surface area contributed by atoms with E-state index in [-0.39, 0.29) is 6.61 Å². The number of halogens is 2. The Hall–Kier alpha value is -1.96. The molecule has 5 heteroatoms. The van der Waals surface area contributed by atoms with Crippen LogP contribution in [0.4, 0.5) is 8.78 Å². The van der Waals surface area contributed by atoms with Crippen molar-refractivity contribution >= 4 is 5.97 Å². The van der Waals surface area contributed by atoms with E-state index in [1.54, 1.807) is 6.92 Å². The zero-order valence-electron chi connectivity index (χ0n) is 7.88. The van der Waals surface area contributed by atoms with Crippen molar-refractivity contribution in [2.24, 2.45) is 0 Å². The van der Waals surface area contributed by atoms with Gasteiger partial charge in [0.1, 0.15) is 17.4 Å². The lowest BCUT2D eigenvalue weighted by atomic mass is 10.1. The number of ether oxygens (including phenoxy) is 1. The summed E-state index contributed by atoms with van der Waals surface area (Å²) in [6, 6.07) is 3.15. The number of carbonyl (C=O) groups is 1. The van der Waals surface area contributed by atoms with Crippen LogP contribution in [0.2, 0.25) is 0 Å². The lowest BCUT2D eigenvalue weighted by Crippen LogP contribution is -2.09. The van der Waals surface area contributed by atoms with Gasteiger partial charge in [0.25, 0.3) is 0 Å². The van der Waals surface area contributed by atoms with Crippen molar-refractivity contribution in [3.05, 3.63) is 34.9 Å². The molecule has 0 aromatic heterocycles. The van der Waals surface area contributed by atoms with Gasteiger partial charge in [0.05, 0.1) is 12.2 Å². The molecule has 0 saturated carbocycles. The smallest absolute Gasteiger partial charge is 0.341 e. The van der Waals surface area contributed by atoms with Crippen LogP contribution >= 0.6 is 0 Å². The first kappa shape index (κ1) is 11.1. The van der Waals surface area contributed by atoms with Crippen LogP contribution < -0.4 is 0 Å². The average molecular weight is 211 g/mol. The summed E-state index contributed by atoms with van der Waals surface area (Å²) in [5, 5.41) is 8.45. The molecule has 0 fully saturated rings. The molecule has 1 aromatic rings. The fourth-order valence-electron chi connectivity index (χ4n) is 1.02. The maximum atomic E-state index is 13.3. The summed E-state index contributed by atoms with van der Waals surface area (Å²) in [5.41, 5.74) is -1.21. The van der Waals surface area contributed by atoms with Crippen molar-refractivity contribution in [1.29, 1.82) is 5.26 Å². The van der Waals surface area contributed by atoms with Gasteiger partial charge in [-0.15, -0.1) is 0 Å². The van der Waals surface area contributed by atoms with Crippen LogP contribution in [0.15, 0.2) is 12.1 Å². The molecule has 3 nitrogen and oxygen atoms in total. The third-order valence-electron chi connectivity index (χ3n) is 1.70. The van der Waals surface area contributed by atoms with Gasteiger partial charge in [0.2, 0.25) is 0 Å². The van der Waals surface area contributed by atoms with E-state index in [1.165, 1.54) is 6.07 Å². The lowest BCUT2D eigenvalue weighted by molar-refractivity contribution is 0.0521. The first-order valence-corrected chi connectivity index (χ1v) is 4.17. The first-order valence-electron chi connectivity index (χ1n) is 4.17. The van der Waals surface area contributed by atoms with Gasteiger partial charge in [-0.05, 0) is 19.1 Å². The predicted molar refractivity (Wildman–Crippen MR) is 47.0 cm³/mol. The summed E-state index contributed by atoms with van der Waals surface area (Å²) in [5.74, 6) is -3.09. The van der Waals surface area contributed by atoms with Gasteiger partial charge in [-0.3, -0.25) is 0 Å². The van der Waals surface area contributed by atoms with Crippen LogP contribution in [-0.2, 0) is 4.74 Å². The highest BCUT2D eigenvalue weighted by atomic mass is 19.1. The maximum absolute atomic E-state index is 13.3. The number of benzene rings is 1. The normalized spacial score (nSPS) is 9.47. The van der Waals surface area contributed by atoms with E-state index < -0.39 is 28.7 Å². The van der Waals surface area contributed by atoms with Crippen molar-refractivity contribution in [2.45, 2.75) is 6.92 Å². The minimum Gasteiger partial charge on any atom is -0.462 e. The summed E-state index contributed by atoms with van der Waals surface area (Å²) in [7, 11) is 0. The predicted octanol–water partition coefficient (Wildman–Crippen LogP) is 2.01. The Morgan fingerprint density at radius 1 is 1.53 bits per heavy atom. The zero-order chi connectivity index (χ0) is 11.4. The van der Waals surface area contributed by atoms with Gasteiger partial charge >= 0.3 is 5.97 Å². The molecule has 15 heavy (non-hydrogen) atoms. The van der Waals surface area contributed by atoms with Crippen LogP contribution in [-0.4, -0.2) is 12.6 Å². The Morgan fingerprint density at radius 3 is 2.73 bits per heavy atom. The van der Waals surface area contributed by atoms with E-state index in [2.05, 4.69) is 4.74 Å². The van der Waals surface area contributed by atoms with Crippen LogP contribution in [0.5, 0.6) is 0 Å². The molecule has 0 spiro atoms. The van der Waals surface area contributed by atoms with Crippen molar-refractivity contribution in [3.63, 3.8) is 0 Å². The highest BCUT2D eigenvalue weighted by Gasteiger charge is 2.19. The van der Waals surface area contributed by atoms with E-state index in [0.29, 0.717) is 0 Å². The fraction of sp³-hybridized carbons (Fsp3) is 0.200. The molecule has 0 unspecified atom stereocenters. The molecule has 0 radical (unpaired) electrons. The maximum Gasteiger partial charge on any atom is 0.341 e. The molecule has 0 N–H and O–H groups in total. The highest BCUT2D eigenvalue weighted by Crippen LogP contribution is 2.16. The van der Waals surface area contributed by atoms with Crippen LogP contribution in [0.25, 0.3) is 0 Å². The minimum absolute atomic E-state index is 0.0809. The largest absolute Gasteiger partial charge is 0.462 e. The second kappa shape index (κ2) is 4.51. The summed E-state index contributed by atoms with van der Waals surface area (Å²) < 4.78 is 30.7. The summed E-state index contributed by atoms with van der Waals surface area (Å²) in [4.78, 5) is 11.2. The number of hydrogen-bond acceptors (Lipinski definition) is 3. The second-order valence-corrected chi connectivity index (χ2v) is 2.62. The molecule has 0 heterocycles. The summed E-state index contributed by atoms with van der Waals surface area (Å²) in [6.45, 7) is 1.64. The van der Waals surface area contributed by atoms with Gasteiger partial charge in [-0.25, -0.2) is 13.6 Å². The van der Waals surface area contributed by atoms with E-state index in [9.17, 15) is 13.6 Å². The molecule has 0 amide bonds. The molecular weight excluding hydrogens is 204 g/mol. The highest BCUT2D eigenvalue weighted by molar-refractivity contribution is 5.90. The Bertz CT molecular complexity index is 438. The third kappa shape index (κ3) is 2.10. The second-order valence-electron chi connectivity index (χ2n) is 2.62. The van der Waals surface area contributed by atoms with Crippen LogP contribution in [0.3, 0.4) is 0 Å². The van der Waals surface area contributed by atoms with Gasteiger partial charge in [-0.2, -0.15) is 5.26 Å². The minimum atomic E-state index is -1.18. The SMILES string of the molecule is CCOC(=O)c1ccc(F)c(C#N)c1F. The van der Waals surface area contributed by atoms with E-state index in [0.717, 1.165) is 12.1 Å². The molecule has 78 valence electrons. The molecule has 0 aliphatic heterocycles. The van der Waals surface area contributed by atoms with E-state index in [1.807, 2.05) is 0 Å². The number of nitriles is 1. The summed E-state index contributed by atoms with van der Waals surface area (Å²) in [6.07, 6.45) is 0. The quantitative estimate of drug-likeness (QED) is 0.703. The first-order chi connectivity index (χ1) is 7.11. The number of nitrogens with zero attached hydrogens (tertiary/aromatic N) is 1. The van der Waals surface area contributed by atoms with E-state index in [4.69, 9.17) is 5.26 Å². The van der Waals surface area contributed by atoms with Crippen molar-refractivity contribution < 1.29 is 18.3 Å². The topological polar surface area (TPSA) is 50.1 Å². The van der Waals surface area contributed by atoms with Gasteiger partial charge in [0, 0.05) is 0 Å². The van der Waals surface area contributed by atoms with Crippen molar-refractivity contribution in [3.8, 4) is 6.07 Å². The van der Waals surface area contributed by atoms with Crippen molar-refractivity contribution in [2.75, 3.05) is 6.61 Å². The summed E-state index contributed by atoms with van der Waals surface area (Å²) >= 11 is 0. The van der Waals surface area contributed by atoms with Crippen LogP contribution in [0.1, 0.15) is 22.8 Å². The Morgan fingerprint density at radius 2 is 2.20 bits per heavy atom. The Labute approximate surface area is 84.9 Å². The molecule has 1 rings (SSSR count). The standard InChI is InChI=1S/C10H7F2NO2/c1-2-15-10(14)6-3-4-8(11)7(5-13)9(6)12/h3-4H,2H2,1H3. The lowest BCUT2D eigenvalue weighted by Gasteiger charge is -2.04. The number of esters is 1. The molecule has 0 aliphatic rings. The fourth-order valence-corrected chi connectivity index (χ4v) is 1.02. The number of rotatable bonds is 2. The number of hydrogen-bond donors (Lipinski definition) is 0. The Kier molecular flexibility index (Phi) is 3.34. The van der Waals surface area contributed by atoms with E-state index >= 15 is 0 Å². The van der Waals surface area contributed by atoms with Gasteiger partial charge in [-0.1, -0.05) is 0 Å². The molecule has 1 aromatic carbocycles. The van der Waals surface area contributed by atoms with Crippen molar-refractivity contribution in [1.82, 2.24) is 0 Å². The Balaban J connectivity index is 3.23. The zero-order valence-corrected chi connectivity index (χ0v) is 7.88. The molecule has 0 bridgehead atoms. The number of carbonyl (C=O) groups excluding carboxylic acids is 1. The van der Waals surface area contributed by atoms with Gasteiger partial charge in [0.15, 0.2) is 5.82 Å². The third-order valence-corrected chi connectivity index (χ3v) is 1.70. The molecule has 0 saturated heterocycles. The molecular formula is C10H7F2NO2. The van der Waals surface area contributed by atoms with Crippen LogP contribution in [0, 0.1) is 23.0 Å². The monoisotopic (exact) mass is 211 g/mol. The average Bonchev–Trinajstić information content (AvgIpc) is 2.18.